The van der Waals surface area contributed by atoms with E-state index in [0.717, 1.165) is 42.6 Å². The molecule has 0 saturated heterocycles. The summed E-state index contributed by atoms with van der Waals surface area (Å²) in [5.41, 5.74) is 1.93. The second kappa shape index (κ2) is 3.84. The smallest absolute Gasteiger partial charge is 0.346 e. The first-order valence-corrected chi connectivity index (χ1v) is 7.28. The molecule has 4 rings (SSSR count). The van der Waals surface area contributed by atoms with E-state index in [4.69, 9.17) is 9.47 Å². The van der Waals surface area contributed by atoms with Crippen LogP contribution in [-0.4, -0.2) is 11.9 Å². The molecule has 2 unspecified atom stereocenters. The van der Waals surface area contributed by atoms with Crippen LogP contribution in [0.4, 0.5) is 0 Å². The van der Waals surface area contributed by atoms with E-state index in [1.165, 1.54) is 0 Å². The first-order chi connectivity index (χ1) is 9.67. The Labute approximate surface area is 117 Å². The van der Waals surface area contributed by atoms with Crippen molar-refractivity contribution in [3.05, 3.63) is 28.8 Å². The van der Waals surface area contributed by atoms with Crippen molar-refractivity contribution in [2.24, 2.45) is 0 Å². The minimum atomic E-state index is -0.620. The van der Waals surface area contributed by atoms with E-state index in [1.807, 2.05) is 6.07 Å². The van der Waals surface area contributed by atoms with Crippen LogP contribution in [0.15, 0.2) is 12.1 Å². The third-order valence-electron chi connectivity index (χ3n) is 4.86. The summed E-state index contributed by atoms with van der Waals surface area (Å²) in [5, 5.41) is 0. The number of carbonyl (C=O) groups is 2. The lowest BCUT2D eigenvalue weighted by Crippen LogP contribution is -2.49. The van der Waals surface area contributed by atoms with E-state index < -0.39 is 11.4 Å². The van der Waals surface area contributed by atoms with Crippen LogP contribution in [0.25, 0.3) is 0 Å². The molecule has 3 aliphatic rings. The van der Waals surface area contributed by atoms with E-state index in [0.29, 0.717) is 12.0 Å². The molecule has 0 N–H and O–H groups in total. The Bertz CT molecular complexity index is 634. The number of esters is 2. The molecule has 0 radical (unpaired) electrons. The van der Waals surface area contributed by atoms with E-state index in [1.54, 1.807) is 6.07 Å². The van der Waals surface area contributed by atoms with Gasteiger partial charge in [0.15, 0.2) is 0 Å². The number of ether oxygens (including phenoxy) is 2. The quantitative estimate of drug-likeness (QED) is 0.627. The molecule has 4 heteroatoms. The van der Waals surface area contributed by atoms with Gasteiger partial charge in [0.25, 0.3) is 0 Å². The fraction of sp³-hybridized carbons (Fsp3) is 0.500. The molecule has 0 aromatic heterocycles. The number of rotatable bonds is 3. The van der Waals surface area contributed by atoms with Crippen molar-refractivity contribution >= 4 is 11.9 Å². The van der Waals surface area contributed by atoms with Gasteiger partial charge in [0.05, 0.1) is 11.0 Å². The minimum absolute atomic E-state index is 0.0633. The Morgan fingerprint density at radius 2 is 2.20 bits per heavy atom. The van der Waals surface area contributed by atoms with Gasteiger partial charge in [-0.05, 0) is 37.0 Å². The highest BCUT2D eigenvalue weighted by Gasteiger charge is 2.55. The number of benzene rings is 1. The Morgan fingerprint density at radius 3 is 3.00 bits per heavy atom. The zero-order valence-electron chi connectivity index (χ0n) is 11.4. The van der Waals surface area contributed by atoms with Crippen molar-refractivity contribution in [2.75, 3.05) is 0 Å². The van der Waals surface area contributed by atoms with E-state index in [-0.39, 0.29) is 12.1 Å². The fourth-order valence-corrected chi connectivity index (χ4v) is 3.84. The predicted molar refractivity (Wildman–Crippen MR) is 70.7 cm³/mol. The van der Waals surface area contributed by atoms with Gasteiger partial charge < -0.3 is 9.47 Å². The van der Waals surface area contributed by atoms with E-state index in [9.17, 15) is 9.59 Å². The van der Waals surface area contributed by atoms with Crippen LogP contribution in [0, 0.1) is 0 Å². The van der Waals surface area contributed by atoms with Gasteiger partial charge in [-0.25, -0.2) is 4.79 Å². The Kier molecular flexibility index (Phi) is 2.29. The van der Waals surface area contributed by atoms with Gasteiger partial charge in [0, 0.05) is 5.56 Å². The summed E-state index contributed by atoms with van der Waals surface area (Å²) in [4.78, 5) is 24.4. The molecule has 4 nitrogen and oxygen atoms in total. The normalized spacial score (nSPS) is 29.1. The van der Waals surface area contributed by atoms with Gasteiger partial charge in [-0.2, -0.15) is 0 Å². The molecule has 2 atom stereocenters. The summed E-state index contributed by atoms with van der Waals surface area (Å²) >= 11 is 0. The molecule has 0 amide bonds. The van der Waals surface area contributed by atoms with Crippen molar-refractivity contribution in [3.63, 3.8) is 0 Å². The lowest BCUT2D eigenvalue weighted by Gasteiger charge is -2.47. The third-order valence-corrected chi connectivity index (χ3v) is 4.86. The van der Waals surface area contributed by atoms with E-state index >= 15 is 0 Å². The Morgan fingerprint density at radius 1 is 1.35 bits per heavy atom. The second-order valence-corrected chi connectivity index (χ2v) is 5.91. The van der Waals surface area contributed by atoms with E-state index in [2.05, 4.69) is 6.92 Å². The van der Waals surface area contributed by atoms with Crippen LogP contribution >= 0.6 is 0 Å². The highest BCUT2D eigenvalue weighted by molar-refractivity contribution is 6.07. The van der Waals surface area contributed by atoms with Crippen LogP contribution in [0.5, 0.6) is 5.75 Å². The van der Waals surface area contributed by atoms with Crippen molar-refractivity contribution < 1.29 is 19.1 Å². The first-order valence-electron chi connectivity index (χ1n) is 7.28. The maximum absolute atomic E-state index is 12.5. The largest absolute Gasteiger partial charge is 0.485 e. The molecule has 0 spiro atoms. The van der Waals surface area contributed by atoms with Crippen LogP contribution in [-0.2, 0) is 14.9 Å². The molecule has 0 bridgehead atoms. The van der Waals surface area contributed by atoms with Gasteiger partial charge in [0.1, 0.15) is 11.9 Å². The Hall–Kier alpha value is -1.84. The highest BCUT2D eigenvalue weighted by Crippen LogP contribution is 2.57. The zero-order valence-corrected chi connectivity index (χ0v) is 11.4. The van der Waals surface area contributed by atoms with Gasteiger partial charge >= 0.3 is 11.9 Å². The van der Waals surface area contributed by atoms with Crippen LogP contribution in [0.3, 0.4) is 0 Å². The number of unbranched alkanes of at least 4 members (excludes halogenated alkanes) is 1. The topological polar surface area (TPSA) is 52.6 Å². The van der Waals surface area contributed by atoms with Crippen molar-refractivity contribution in [3.8, 4) is 5.75 Å². The lowest BCUT2D eigenvalue weighted by atomic mass is 9.63. The number of carbonyl (C=O) groups excluding carboxylic acids is 2. The average Bonchev–Trinajstić information content (AvgIpc) is 2.41. The summed E-state index contributed by atoms with van der Waals surface area (Å²) in [7, 11) is 0. The highest BCUT2D eigenvalue weighted by atomic mass is 16.6. The van der Waals surface area contributed by atoms with Gasteiger partial charge in [-0.15, -0.1) is 0 Å². The molecule has 2 heterocycles. The summed E-state index contributed by atoms with van der Waals surface area (Å²) in [5.74, 6) is -0.0357. The minimum Gasteiger partial charge on any atom is -0.485 e. The summed E-state index contributed by atoms with van der Waals surface area (Å²) in [6.07, 6.45) is 4.34. The second-order valence-electron chi connectivity index (χ2n) is 5.91. The van der Waals surface area contributed by atoms with Crippen LogP contribution in [0.1, 0.15) is 66.6 Å². The maximum Gasteiger partial charge on any atom is 0.346 e. The summed E-state index contributed by atoms with van der Waals surface area (Å²) in [6, 6.07) is 3.56. The maximum atomic E-state index is 12.5. The van der Waals surface area contributed by atoms with Crippen molar-refractivity contribution in [1.29, 1.82) is 0 Å². The molecule has 1 aromatic rings. The third kappa shape index (κ3) is 1.27. The molecule has 2 aliphatic heterocycles. The standard InChI is InChI=1S/C16H16O4/c1-2-3-7-16-8-6-11-12-10(19-11)5-4-9(13(12)16)14(17)20-15(16)18/h4-5,11H,2-3,6-8H2,1H3. The number of cyclic esters (lactones) is 2. The SMILES string of the molecule is CCCCC12CCC3Oc4ccc(c1c43)C(=O)OC2=O. The van der Waals surface area contributed by atoms with Crippen LogP contribution < -0.4 is 4.74 Å². The fourth-order valence-electron chi connectivity index (χ4n) is 3.84. The summed E-state index contributed by atoms with van der Waals surface area (Å²) < 4.78 is 10.7. The van der Waals surface area contributed by atoms with Gasteiger partial charge in [-0.3, -0.25) is 4.79 Å². The lowest BCUT2D eigenvalue weighted by molar-refractivity contribution is -0.147. The number of hydrogen-bond acceptors (Lipinski definition) is 4. The molecular weight excluding hydrogens is 256 g/mol. The first kappa shape index (κ1) is 11.9. The number of hydrogen-bond donors (Lipinski definition) is 0. The molecule has 1 aromatic carbocycles. The monoisotopic (exact) mass is 272 g/mol. The molecule has 0 fully saturated rings. The molecule has 104 valence electrons. The van der Waals surface area contributed by atoms with Gasteiger partial charge in [0.2, 0.25) is 0 Å². The average molecular weight is 272 g/mol. The molecular formula is C16H16O4. The van der Waals surface area contributed by atoms with Crippen molar-refractivity contribution in [2.45, 2.75) is 50.5 Å². The van der Waals surface area contributed by atoms with Crippen LogP contribution in [0.2, 0.25) is 0 Å². The van der Waals surface area contributed by atoms with Gasteiger partial charge in [-0.1, -0.05) is 19.8 Å². The zero-order chi connectivity index (χ0) is 13.9. The molecule has 1 aliphatic carbocycles. The van der Waals surface area contributed by atoms with Crippen molar-refractivity contribution in [1.82, 2.24) is 0 Å². The summed E-state index contributed by atoms with van der Waals surface area (Å²) in [6.45, 7) is 2.11. The predicted octanol–water partition coefficient (Wildman–Crippen LogP) is 3.04. The molecule has 0 saturated carbocycles. The molecule has 20 heavy (non-hydrogen) atoms. The Balaban J connectivity index is 1.96.